The largest absolute Gasteiger partial charge is 0.378 e. The maximum atomic E-state index is 5.80. The Kier molecular flexibility index (Phi) is 4.22. The fourth-order valence-electron chi connectivity index (χ4n) is 2.91. The van der Waals surface area contributed by atoms with Crippen LogP contribution in [0, 0.1) is 11.8 Å². The van der Waals surface area contributed by atoms with Crippen molar-refractivity contribution in [2.75, 3.05) is 19.8 Å². The summed E-state index contributed by atoms with van der Waals surface area (Å²) in [5.41, 5.74) is 0. The van der Waals surface area contributed by atoms with Gasteiger partial charge in [0.2, 0.25) is 0 Å². The van der Waals surface area contributed by atoms with E-state index in [2.05, 4.69) is 26.1 Å². The van der Waals surface area contributed by atoms with Crippen LogP contribution in [0.1, 0.15) is 33.6 Å². The lowest BCUT2D eigenvalue weighted by Gasteiger charge is -2.24. The van der Waals surface area contributed by atoms with Crippen LogP contribution in [0.2, 0.25) is 0 Å². The van der Waals surface area contributed by atoms with Gasteiger partial charge < -0.3 is 14.8 Å². The molecule has 0 amide bonds. The van der Waals surface area contributed by atoms with E-state index in [9.17, 15) is 0 Å². The predicted molar refractivity (Wildman–Crippen MR) is 64.5 cm³/mol. The average Bonchev–Trinajstić information content (AvgIpc) is 2.83. The van der Waals surface area contributed by atoms with Crippen LogP contribution in [-0.4, -0.2) is 38.0 Å². The third kappa shape index (κ3) is 2.76. The number of hydrogen-bond acceptors (Lipinski definition) is 3. The van der Waals surface area contributed by atoms with Gasteiger partial charge in [0, 0.05) is 25.8 Å². The Hall–Kier alpha value is -0.120. The van der Waals surface area contributed by atoms with E-state index in [0.717, 1.165) is 26.2 Å². The van der Waals surface area contributed by atoms with E-state index in [1.54, 1.807) is 0 Å². The van der Waals surface area contributed by atoms with Crippen molar-refractivity contribution in [1.82, 2.24) is 5.32 Å². The van der Waals surface area contributed by atoms with Crippen LogP contribution in [0.25, 0.3) is 0 Å². The zero-order chi connectivity index (χ0) is 11.5. The summed E-state index contributed by atoms with van der Waals surface area (Å²) in [6.07, 6.45) is 3.18. The molecule has 0 aromatic carbocycles. The minimum atomic E-state index is 0.375. The normalized spacial score (nSPS) is 39.8. The van der Waals surface area contributed by atoms with Gasteiger partial charge >= 0.3 is 0 Å². The average molecular weight is 227 g/mol. The Morgan fingerprint density at radius 3 is 2.56 bits per heavy atom. The van der Waals surface area contributed by atoms with Crippen LogP contribution in [0.5, 0.6) is 0 Å². The standard InChI is InChI=1S/C13H25NO2/c1-9(2)13-11(4-6-16-13)8-14-12-5-7-15-10(12)3/h9-14H,4-8H2,1-3H3/t10?,11-,12?,13-/m1/s1. The van der Waals surface area contributed by atoms with Gasteiger partial charge in [0.25, 0.3) is 0 Å². The molecule has 2 unspecified atom stereocenters. The van der Waals surface area contributed by atoms with Gasteiger partial charge in [0.1, 0.15) is 0 Å². The maximum Gasteiger partial charge on any atom is 0.0700 e. The molecule has 0 aromatic rings. The molecule has 0 saturated carbocycles. The van der Waals surface area contributed by atoms with Crippen LogP contribution < -0.4 is 5.32 Å². The first-order chi connectivity index (χ1) is 7.68. The quantitative estimate of drug-likeness (QED) is 0.794. The second-order valence-electron chi connectivity index (χ2n) is 5.51. The lowest BCUT2D eigenvalue weighted by Crippen LogP contribution is -2.40. The minimum Gasteiger partial charge on any atom is -0.378 e. The Balaban J connectivity index is 1.76. The number of rotatable bonds is 4. The van der Waals surface area contributed by atoms with Crippen LogP contribution in [0.15, 0.2) is 0 Å². The van der Waals surface area contributed by atoms with E-state index < -0.39 is 0 Å². The molecule has 2 rings (SSSR count). The zero-order valence-corrected chi connectivity index (χ0v) is 10.7. The first-order valence-electron chi connectivity index (χ1n) is 6.65. The van der Waals surface area contributed by atoms with E-state index >= 15 is 0 Å². The van der Waals surface area contributed by atoms with Crippen molar-refractivity contribution in [2.24, 2.45) is 11.8 Å². The Morgan fingerprint density at radius 1 is 1.19 bits per heavy atom. The summed E-state index contributed by atoms with van der Waals surface area (Å²) in [4.78, 5) is 0. The van der Waals surface area contributed by atoms with Gasteiger partial charge in [-0.3, -0.25) is 0 Å². The van der Waals surface area contributed by atoms with Gasteiger partial charge in [-0.15, -0.1) is 0 Å². The van der Waals surface area contributed by atoms with Crippen molar-refractivity contribution in [3.63, 3.8) is 0 Å². The highest BCUT2D eigenvalue weighted by atomic mass is 16.5. The number of hydrogen-bond donors (Lipinski definition) is 1. The molecule has 0 radical (unpaired) electrons. The van der Waals surface area contributed by atoms with E-state index in [0.29, 0.717) is 30.1 Å². The topological polar surface area (TPSA) is 30.5 Å². The molecule has 3 heteroatoms. The van der Waals surface area contributed by atoms with Crippen molar-refractivity contribution >= 4 is 0 Å². The van der Waals surface area contributed by atoms with Crippen molar-refractivity contribution in [3.05, 3.63) is 0 Å². The molecule has 4 atom stereocenters. The third-order valence-corrected chi connectivity index (χ3v) is 3.94. The van der Waals surface area contributed by atoms with Crippen molar-refractivity contribution in [3.8, 4) is 0 Å². The van der Waals surface area contributed by atoms with Gasteiger partial charge in [0.05, 0.1) is 12.2 Å². The molecule has 0 aromatic heterocycles. The summed E-state index contributed by atoms with van der Waals surface area (Å²) in [5, 5.41) is 3.65. The van der Waals surface area contributed by atoms with E-state index in [1.807, 2.05) is 0 Å². The molecule has 16 heavy (non-hydrogen) atoms. The van der Waals surface area contributed by atoms with E-state index in [1.165, 1.54) is 6.42 Å². The van der Waals surface area contributed by atoms with Crippen LogP contribution in [0.3, 0.4) is 0 Å². The summed E-state index contributed by atoms with van der Waals surface area (Å²) in [7, 11) is 0. The van der Waals surface area contributed by atoms with Crippen molar-refractivity contribution < 1.29 is 9.47 Å². The highest BCUT2D eigenvalue weighted by molar-refractivity contribution is 4.84. The summed E-state index contributed by atoms with van der Waals surface area (Å²) in [5.74, 6) is 1.32. The highest BCUT2D eigenvalue weighted by Crippen LogP contribution is 2.26. The fourth-order valence-corrected chi connectivity index (χ4v) is 2.91. The van der Waals surface area contributed by atoms with Gasteiger partial charge in [-0.1, -0.05) is 13.8 Å². The van der Waals surface area contributed by atoms with Gasteiger partial charge in [-0.2, -0.15) is 0 Å². The van der Waals surface area contributed by atoms with Crippen molar-refractivity contribution in [1.29, 1.82) is 0 Å². The second-order valence-corrected chi connectivity index (χ2v) is 5.51. The lowest BCUT2D eigenvalue weighted by atomic mass is 9.92. The van der Waals surface area contributed by atoms with Crippen LogP contribution in [-0.2, 0) is 9.47 Å². The van der Waals surface area contributed by atoms with E-state index in [4.69, 9.17) is 9.47 Å². The minimum absolute atomic E-state index is 0.375. The first-order valence-corrected chi connectivity index (χ1v) is 6.65. The summed E-state index contributed by atoms with van der Waals surface area (Å²) in [6.45, 7) is 9.60. The third-order valence-electron chi connectivity index (χ3n) is 3.94. The molecule has 94 valence electrons. The fraction of sp³-hybridized carbons (Fsp3) is 1.00. The Bertz CT molecular complexity index is 220. The Labute approximate surface area is 98.9 Å². The highest BCUT2D eigenvalue weighted by Gasteiger charge is 2.32. The lowest BCUT2D eigenvalue weighted by molar-refractivity contribution is 0.0521. The van der Waals surface area contributed by atoms with Gasteiger partial charge in [0.15, 0.2) is 0 Å². The second kappa shape index (κ2) is 5.48. The Morgan fingerprint density at radius 2 is 1.94 bits per heavy atom. The SMILES string of the molecule is CC1OCCC1NC[C@H]1CCO[C@@H]1C(C)C. The molecule has 3 nitrogen and oxygen atoms in total. The van der Waals surface area contributed by atoms with Crippen LogP contribution >= 0.6 is 0 Å². The van der Waals surface area contributed by atoms with Crippen molar-refractivity contribution in [2.45, 2.75) is 51.9 Å². The summed E-state index contributed by atoms with van der Waals surface area (Å²) >= 11 is 0. The molecule has 2 aliphatic heterocycles. The molecule has 2 fully saturated rings. The molecular formula is C13H25NO2. The van der Waals surface area contributed by atoms with Crippen LogP contribution in [0.4, 0.5) is 0 Å². The summed E-state index contributed by atoms with van der Waals surface area (Å²) in [6, 6.07) is 0.549. The molecular weight excluding hydrogens is 202 g/mol. The van der Waals surface area contributed by atoms with Gasteiger partial charge in [-0.25, -0.2) is 0 Å². The maximum absolute atomic E-state index is 5.80. The van der Waals surface area contributed by atoms with E-state index in [-0.39, 0.29) is 0 Å². The number of nitrogens with one attached hydrogen (secondary N) is 1. The van der Waals surface area contributed by atoms with Gasteiger partial charge in [-0.05, 0) is 31.6 Å². The molecule has 2 aliphatic rings. The predicted octanol–water partition coefficient (Wildman–Crippen LogP) is 1.81. The molecule has 0 spiro atoms. The summed E-state index contributed by atoms with van der Waals surface area (Å²) < 4.78 is 11.4. The monoisotopic (exact) mass is 227 g/mol. The first kappa shape index (κ1) is 12.3. The molecule has 0 aliphatic carbocycles. The molecule has 2 heterocycles. The molecule has 2 saturated heterocycles. The molecule has 0 bridgehead atoms. The smallest absolute Gasteiger partial charge is 0.0700 e. The zero-order valence-electron chi connectivity index (χ0n) is 10.7. The molecule has 1 N–H and O–H groups in total. The number of ether oxygens (including phenoxy) is 2.